The summed E-state index contributed by atoms with van der Waals surface area (Å²) in [5, 5.41) is 1.52. The highest BCUT2D eigenvalue weighted by Crippen LogP contribution is 2.34. The third kappa shape index (κ3) is 4.92. The number of hydrogen-bond acceptors (Lipinski definition) is 8. The molecule has 0 atom stereocenters. The van der Waals surface area contributed by atoms with E-state index in [9.17, 15) is 0 Å². The van der Waals surface area contributed by atoms with Crippen molar-refractivity contribution in [3.63, 3.8) is 0 Å². The van der Waals surface area contributed by atoms with Crippen molar-refractivity contribution < 1.29 is 19.0 Å². The highest BCUT2D eigenvalue weighted by Gasteiger charge is 2.21. The van der Waals surface area contributed by atoms with Gasteiger partial charge >= 0.3 is 8.60 Å². The van der Waals surface area contributed by atoms with Gasteiger partial charge in [0.1, 0.15) is 0 Å². The van der Waals surface area contributed by atoms with Crippen molar-refractivity contribution in [1.82, 2.24) is 15.0 Å². The number of aryl methyl sites for hydroxylation is 1. The zero-order valence-electron chi connectivity index (χ0n) is 12.9. The van der Waals surface area contributed by atoms with Crippen LogP contribution >= 0.6 is 43.6 Å². The van der Waals surface area contributed by atoms with Crippen molar-refractivity contribution in [3.05, 3.63) is 39.3 Å². The van der Waals surface area contributed by atoms with E-state index < -0.39 is 8.60 Å². The standard InChI is InChI=1S/C14H14Cl2N3O4PS/c15-10-4-17-5-11(16)9(10)6-25-14-18-12-3-1-2-8(12)13(19-14)22-7-23-24(20)21/h4-5,20-21H,1-3,6-7H2. The van der Waals surface area contributed by atoms with Crippen molar-refractivity contribution in [2.24, 2.45) is 0 Å². The van der Waals surface area contributed by atoms with Gasteiger partial charge in [-0.05, 0) is 19.3 Å². The molecular formula is C14H14Cl2N3O4PS. The Labute approximate surface area is 159 Å². The number of fused-ring (bicyclic) bond motifs is 1. The lowest BCUT2D eigenvalue weighted by atomic mass is 10.2. The van der Waals surface area contributed by atoms with Crippen molar-refractivity contribution in [2.45, 2.75) is 30.2 Å². The smallest absolute Gasteiger partial charge is 0.330 e. The summed E-state index contributed by atoms with van der Waals surface area (Å²) < 4.78 is 10.1. The van der Waals surface area contributed by atoms with Crippen LogP contribution in [0.3, 0.4) is 0 Å². The molecule has 0 fully saturated rings. The summed E-state index contributed by atoms with van der Waals surface area (Å²) in [6.07, 6.45) is 5.74. The lowest BCUT2D eigenvalue weighted by Gasteiger charge is -2.12. The second-order valence-corrected chi connectivity index (χ2v) is 7.63. The molecule has 2 heterocycles. The number of hydrogen-bond donors (Lipinski definition) is 2. The maximum absolute atomic E-state index is 8.79. The van der Waals surface area contributed by atoms with E-state index in [1.54, 1.807) is 12.4 Å². The Morgan fingerprint density at radius 3 is 2.64 bits per heavy atom. The molecule has 134 valence electrons. The minimum absolute atomic E-state index is 0.283. The van der Waals surface area contributed by atoms with Crippen LogP contribution in [-0.2, 0) is 23.1 Å². The van der Waals surface area contributed by atoms with E-state index in [0.717, 1.165) is 36.1 Å². The molecule has 0 saturated heterocycles. The molecule has 0 bridgehead atoms. The fraction of sp³-hybridized carbons (Fsp3) is 0.357. The molecular weight excluding hydrogens is 408 g/mol. The molecule has 1 aliphatic carbocycles. The molecule has 2 aromatic rings. The molecule has 0 saturated carbocycles. The van der Waals surface area contributed by atoms with Crippen molar-refractivity contribution in [3.8, 4) is 5.88 Å². The van der Waals surface area contributed by atoms with Gasteiger partial charge in [0.15, 0.2) is 11.9 Å². The Bertz CT molecular complexity index is 749. The maximum atomic E-state index is 8.79. The molecule has 0 radical (unpaired) electrons. The number of thioether (sulfide) groups is 1. The number of rotatable bonds is 7. The Morgan fingerprint density at radius 2 is 1.92 bits per heavy atom. The molecule has 0 aromatic carbocycles. The second kappa shape index (κ2) is 8.77. The van der Waals surface area contributed by atoms with Crippen LogP contribution in [0, 0.1) is 0 Å². The Morgan fingerprint density at radius 1 is 1.16 bits per heavy atom. The molecule has 0 unspecified atom stereocenters. The summed E-state index contributed by atoms with van der Waals surface area (Å²) in [6, 6.07) is 0. The van der Waals surface area contributed by atoms with E-state index in [1.165, 1.54) is 11.8 Å². The highest BCUT2D eigenvalue weighted by atomic mass is 35.5. The average Bonchev–Trinajstić information content (AvgIpc) is 3.02. The lowest BCUT2D eigenvalue weighted by Crippen LogP contribution is -2.06. The van der Waals surface area contributed by atoms with Crippen LogP contribution in [0.25, 0.3) is 0 Å². The van der Waals surface area contributed by atoms with E-state index in [1.807, 2.05) is 0 Å². The first-order chi connectivity index (χ1) is 12.0. The van der Waals surface area contributed by atoms with Crippen LogP contribution in [-0.4, -0.2) is 31.5 Å². The van der Waals surface area contributed by atoms with Crippen LogP contribution in [0.5, 0.6) is 5.88 Å². The van der Waals surface area contributed by atoms with E-state index in [-0.39, 0.29) is 6.79 Å². The molecule has 2 N–H and O–H groups in total. The molecule has 25 heavy (non-hydrogen) atoms. The minimum Gasteiger partial charge on any atom is -0.450 e. The molecule has 1 aliphatic rings. The van der Waals surface area contributed by atoms with Gasteiger partial charge < -0.3 is 14.5 Å². The predicted molar refractivity (Wildman–Crippen MR) is 95.8 cm³/mol. The summed E-state index contributed by atoms with van der Waals surface area (Å²) >= 11 is 13.6. The van der Waals surface area contributed by atoms with Crippen LogP contribution in [0.1, 0.15) is 23.2 Å². The SMILES string of the molecule is OP(O)OCOc1nc(SCc2c(Cl)cncc2Cl)nc2c1CCC2. The number of nitrogens with zero attached hydrogens (tertiary/aromatic N) is 3. The Hall–Kier alpha value is -0.730. The number of aromatic nitrogens is 3. The third-order valence-corrected chi connectivity index (χ3v) is 5.40. The third-order valence-electron chi connectivity index (χ3n) is 3.54. The van der Waals surface area contributed by atoms with Gasteiger partial charge in [-0.3, -0.25) is 9.51 Å². The van der Waals surface area contributed by atoms with Crippen LogP contribution in [0.2, 0.25) is 10.0 Å². The average molecular weight is 422 g/mol. The molecule has 3 rings (SSSR count). The molecule has 0 spiro atoms. The first kappa shape index (κ1) is 19.0. The summed E-state index contributed by atoms with van der Waals surface area (Å²) in [5.74, 6) is 0.904. The highest BCUT2D eigenvalue weighted by molar-refractivity contribution is 7.98. The van der Waals surface area contributed by atoms with E-state index in [4.69, 9.17) is 37.7 Å². The van der Waals surface area contributed by atoms with Gasteiger partial charge in [-0.15, -0.1) is 0 Å². The maximum Gasteiger partial charge on any atom is 0.330 e. The van der Waals surface area contributed by atoms with Gasteiger partial charge in [-0.2, -0.15) is 4.98 Å². The quantitative estimate of drug-likeness (QED) is 0.303. The van der Waals surface area contributed by atoms with Crippen molar-refractivity contribution in [1.29, 1.82) is 0 Å². The summed E-state index contributed by atoms with van der Waals surface area (Å²) in [6.45, 7) is -0.283. The number of ether oxygens (including phenoxy) is 1. The number of pyridine rings is 1. The largest absolute Gasteiger partial charge is 0.450 e. The first-order valence-corrected chi connectivity index (χ1v) is 10.2. The van der Waals surface area contributed by atoms with Crippen molar-refractivity contribution >= 4 is 43.6 Å². The van der Waals surface area contributed by atoms with Crippen molar-refractivity contribution in [2.75, 3.05) is 6.79 Å². The Kier molecular flexibility index (Phi) is 6.68. The fourth-order valence-electron chi connectivity index (χ4n) is 2.40. The minimum atomic E-state index is -2.46. The Balaban J connectivity index is 1.75. The normalized spacial score (nSPS) is 13.3. The van der Waals surface area contributed by atoms with Gasteiger partial charge in [-0.25, -0.2) is 4.98 Å². The molecule has 0 aliphatic heterocycles. The number of halogens is 2. The van der Waals surface area contributed by atoms with Crippen LogP contribution in [0.15, 0.2) is 17.6 Å². The van der Waals surface area contributed by atoms with E-state index in [0.29, 0.717) is 26.8 Å². The van der Waals surface area contributed by atoms with Gasteiger partial charge in [0.2, 0.25) is 5.88 Å². The topological polar surface area (TPSA) is 97.6 Å². The van der Waals surface area contributed by atoms with Gasteiger partial charge in [0.25, 0.3) is 0 Å². The fourth-order valence-corrected chi connectivity index (χ4v) is 4.11. The lowest BCUT2D eigenvalue weighted by molar-refractivity contribution is 0.0987. The molecule has 11 heteroatoms. The zero-order valence-corrected chi connectivity index (χ0v) is 16.1. The van der Waals surface area contributed by atoms with Gasteiger partial charge in [-0.1, -0.05) is 35.0 Å². The summed E-state index contributed by atoms with van der Waals surface area (Å²) in [7, 11) is -2.46. The van der Waals surface area contributed by atoms with Crippen LogP contribution in [0.4, 0.5) is 0 Å². The molecule has 0 amide bonds. The van der Waals surface area contributed by atoms with Crippen LogP contribution < -0.4 is 4.74 Å². The van der Waals surface area contributed by atoms with Gasteiger partial charge in [0.05, 0.1) is 15.7 Å². The summed E-state index contributed by atoms with van der Waals surface area (Å²) in [4.78, 5) is 30.5. The predicted octanol–water partition coefficient (Wildman–Crippen LogP) is 3.52. The molecule has 7 nitrogen and oxygen atoms in total. The van der Waals surface area contributed by atoms with E-state index >= 15 is 0 Å². The zero-order chi connectivity index (χ0) is 17.8. The van der Waals surface area contributed by atoms with E-state index in [2.05, 4.69) is 19.5 Å². The summed E-state index contributed by atoms with van der Waals surface area (Å²) in [5.41, 5.74) is 2.65. The monoisotopic (exact) mass is 421 g/mol. The molecule has 2 aromatic heterocycles. The van der Waals surface area contributed by atoms with Gasteiger partial charge in [0, 0.05) is 29.3 Å². The second-order valence-electron chi connectivity index (χ2n) is 5.10. The first-order valence-electron chi connectivity index (χ1n) is 7.28.